The highest BCUT2D eigenvalue weighted by Gasteiger charge is 2.19. The largest absolute Gasteiger partial charge is 0.472 e. The molecule has 0 radical (unpaired) electrons. The van der Waals surface area contributed by atoms with Crippen LogP contribution in [0.25, 0.3) is 22.8 Å². The number of rotatable bonds is 5. The second kappa shape index (κ2) is 6.16. The first-order valence-corrected chi connectivity index (χ1v) is 7.86. The van der Waals surface area contributed by atoms with E-state index in [2.05, 4.69) is 38.7 Å². The van der Waals surface area contributed by atoms with Crippen molar-refractivity contribution in [1.29, 1.82) is 0 Å². The van der Waals surface area contributed by atoms with Crippen molar-refractivity contribution < 1.29 is 4.42 Å². The van der Waals surface area contributed by atoms with Crippen LogP contribution in [0.2, 0.25) is 0 Å². The van der Waals surface area contributed by atoms with Gasteiger partial charge in [-0.25, -0.2) is 14.6 Å². The molecule has 24 heavy (non-hydrogen) atoms. The van der Waals surface area contributed by atoms with Crippen molar-refractivity contribution in [2.45, 2.75) is 20.0 Å². The number of furan rings is 1. The Morgan fingerprint density at radius 1 is 1.08 bits per heavy atom. The third kappa shape index (κ3) is 2.52. The van der Waals surface area contributed by atoms with Gasteiger partial charge < -0.3 is 8.98 Å². The number of aromatic nitrogens is 5. The fourth-order valence-corrected chi connectivity index (χ4v) is 2.80. The summed E-state index contributed by atoms with van der Waals surface area (Å²) in [4.78, 5) is 9.12. The van der Waals surface area contributed by atoms with Gasteiger partial charge in [0, 0.05) is 17.7 Å². The highest BCUT2D eigenvalue weighted by atomic mass is 16.3. The van der Waals surface area contributed by atoms with Gasteiger partial charge in [0.05, 0.1) is 31.1 Å². The van der Waals surface area contributed by atoms with Gasteiger partial charge in [0.25, 0.3) is 0 Å². The van der Waals surface area contributed by atoms with E-state index in [0.29, 0.717) is 6.54 Å². The summed E-state index contributed by atoms with van der Waals surface area (Å²) >= 11 is 0. The normalized spacial score (nSPS) is 11.0. The second-order valence-corrected chi connectivity index (χ2v) is 5.47. The van der Waals surface area contributed by atoms with Gasteiger partial charge in [-0.2, -0.15) is 5.10 Å². The molecule has 0 unspecified atom stereocenters. The third-order valence-electron chi connectivity index (χ3n) is 3.94. The van der Waals surface area contributed by atoms with Gasteiger partial charge >= 0.3 is 0 Å². The summed E-state index contributed by atoms with van der Waals surface area (Å²) < 4.78 is 9.16. The maximum absolute atomic E-state index is 5.19. The zero-order valence-electron chi connectivity index (χ0n) is 13.3. The Labute approximate surface area is 139 Å². The fourth-order valence-electron chi connectivity index (χ4n) is 2.80. The molecule has 0 amide bonds. The zero-order valence-corrected chi connectivity index (χ0v) is 13.3. The summed E-state index contributed by atoms with van der Waals surface area (Å²) in [5.74, 6) is 0.817. The Morgan fingerprint density at radius 3 is 2.71 bits per heavy atom. The first-order chi connectivity index (χ1) is 11.9. The predicted molar refractivity (Wildman–Crippen MR) is 90.2 cm³/mol. The maximum atomic E-state index is 5.19. The van der Waals surface area contributed by atoms with Gasteiger partial charge in [-0.05, 0) is 13.0 Å². The quantitative estimate of drug-likeness (QED) is 0.565. The van der Waals surface area contributed by atoms with Crippen molar-refractivity contribution in [3.8, 4) is 22.8 Å². The number of nitrogens with zero attached hydrogens (tertiary/aromatic N) is 5. The third-order valence-corrected chi connectivity index (χ3v) is 3.94. The summed E-state index contributed by atoms with van der Waals surface area (Å²) in [7, 11) is 0. The molecule has 120 valence electrons. The highest BCUT2D eigenvalue weighted by molar-refractivity contribution is 5.75. The van der Waals surface area contributed by atoms with Crippen LogP contribution in [0.15, 0.2) is 66.0 Å². The molecule has 6 nitrogen and oxygen atoms in total. The molecule has 0 fully saturated rings. The van der Waals surface area contributed by atoms with E-state index in [1.807, 2.05) is 35.3 Å². The molecule has 3 heterocycles. The van der Waals surface area contributed by atoms with E-state index < -0.39 is 0 Å². The molecule has 4 rings (SSSR count). The summed E-state index contributed by atoms with van der Waals surface area (Å²) in [5, 5.41) is 4.31. The molecule has 0 saturated heterocycles. The summed E-state index contributed by atoms with van der Waals surface area (Å²) in [6.07, 6.45) is 6.86. The number of aryl methyl sites for hydroxylation is 1. The number of imidazole rings is 1. The van der Waals surface area contributed by atoms with Crippen LogP contribution in [0.5, 0.6) is 0 Å². The van der Waals surface area contributed by atoms with E-state index in [1.165, 1.54) is 0 Å². The van der Waals surface area contributed by atoms with Crippen molar-refractivity contribution in [3.63, 3.8) is 0 Å². The Balaban J connectivity index is 1.88. The molecule has 0 spiro atoms. The van der Waals surface area contributed by atoms with Gasteiger partial charge in [-0.1, -0.05) is 30.3 Å². The first kappa shape index (κ1) is 14.4. The van der Waals surface area contributed by atoms with Crippen molar-refractivity contribution in [2.75, 3.05) is 0 Å². The van der Waals surface area contributed by atoms with E-state index >= 15 is 0 Å². The lowest BCUT2D eigenvalue weighted by Gasteiger charge is -2.10. The van der Waals surface area contributed by atoms with Gasteiger partial charge in [-0.3, -0.25) is 0 Å². The van der Waals surface area contributed by atoms with Crippen LogP contribution in [0.1, 0.15) is 12.5 Å². The molecule has 6 heteroatoms. The first-order valence-electron chi connectivity index (χ1n) is 7.86. The minimum absolute atomic E-state index is 0.669. The molecule has 0 aliphatic carbocycles. The predicted octanol–water partition coefficient (Wildman–Crippen LogP) is 3.47. The monoisotopic (exact) mass is 319 g/mol. The van der Waals surface area contributed by atoms with E-state index in [-0.39, 0.29) is 0 Å². The molecule has 0 bridgehead atoms. The van der Waals surface area contributed by atoms with Crippen LogP contribution in [0.4, 0.5) is 0 Å². The summed E-state index contributed by atoms with van der Waals surface area (Å²) in [5.41, 5.74) is 4.00. The highest BCUT2D eigenvalue weighted by Crippen LogP contribution is 2.30. The Hall–Kier alpha value is -3.15. The average molecular weight is 319 g/mol. The molecule has 0 aliphatic rings. The van der Waals surface area contributed by atoms with Crippen molar-refractivity contribution in [3.05, 3.63) is 67.1 Å². The van der Waals surface area contributed by atoms with E-state index in [1.54, 1.807) is 18.9 Å². The van der Waals surface area contributed by atoms with Gasteiger partial charge in [0.1, 0.15) is 12.0 Å². The van der Waals surface area contributed by atoms with Gasteiger partial charge in [-0.15, -0.1) is 0 Å². The lowest BCUT2D eigenvalue weighted by Crippen LogP contribution is -2.06. The van der Waals surface area contributed by atoms with Crippen LogP contribution < -0.4 is 0 Å². The molecular weight excluding hydrogens is 302 g/mol. The molecule has 4 aromatic rings. The lowest BCUT2D eigenvalue weighted by molar-refractivity contribution is 0.562. The van der Waals surface area contributed by atoms with Crippen molar-refractivity contribution in [2.24, 2.45) is 0 Å². The molecule has 0 N–H and O–H groups in total. The minimum atomic E-state index is 0.669. The molecule has 0 atom stereocenters. The van der Waals surface area contributed by atoms with E-state index in [9.17, 15) is 0 Å². The van der Waals surface area contributed by atoms with Crippen LogP contribution in [-0.2, 0) is 13.1 Å². The molecular formula is C18H17N5O. The van der Waals surface area contributed by atoms with E-state index in [0.717, 1.165) is 34.9 Å². The summed E-state index contributed by atoms with van der Waals surface area (Å²) in [6.45, 7) is 3.47. The number of benzene rings is 1. The van der Waals surface area contributed by atoms with Crippen LogP contribution in [-0.4, -0.2) is 24.3 Å². The summed E-state index contributed by atoms with van der Waals surface area (Å²) in [6, 6.07) is 12.1. The molecule has 1 aromatic carbocycles. The zero-order chi connectivity index (χ0) is 16.4. The Kier molecular flexibility index (Phi) is 3.70. The standard InChI is InChI=1S/C18H17N5O/c1-2-23-18(19-12-21-23)17-16(15-6-4-3-5-7-15)20-13-22(17)10-14-8-9-24-11-14/h3-9,11-13H,2,10H2,1H3. The van der Waals surface area contributed by atoms with Crippen molar-refractivity contribution >= 4 is 0 Å². The average Bonchev–Trinajstić information content (AvgIpc) is 3.36. The maximum Gasteiger partial charge on any atom is 0.177 e. The van der Waals surface area contributed by atoms with Gasteiger partial charge in [0.2, 0.25) is 0 Å². The smallest absolute Gasteiger partial charge is 0.177 e. The SMILES string of the molecule is CCn1ncnc1-c1c(-c2ccccc2)ncn1Cc1ccoc1. The molecule has 0 saturated carbocycles. The van der Waals surface area contributed by atoms with E-state index in [4.69, 9.17) is 4.42 Å². The number of hydrogen-bond acceptors (Lipinski definition) is 4. The topological polar surface area (TPSA) is 61.7 Å². The lowest BCUT2D eigenvalue weighted by atomic mass is 10.1. The van der Waals surface area contributed by atoms with Gasteiger partial charge in [0.15, 0.2) is 5.82 Å². The van der Waals surface area contributed by atoms with Crippen LogP contribution in [0, 0.1) is 0 Å². The van der Waals surface area contributed by atoms with Crippen LogP contribution >= 0.6 is 0 Å². The Bertz CT molecular complexity index is 922. The second-order valence-electron chi connectivity index (χ2n) is 5.47. The minimum Gasteiger partial charge on any atom is -0.472 e. The fraction of sp³-hybridized carbons (Fsp3) is 0.167. The number of hydrogen-bond donors (Lipinski definition) is 0. The molecule has 3 aromatic heterocycles. The van der Waals surface area contributed by atoms with Crippen molar-refractivity contribution in [1.82, 2.24) is 24.3 Å². The molecule has 0 aliphatic heterocycles. The Morgan fingerprint density at radius 2 is 1.96 bits per heavy atom. The van der Waals surface area contributed by atoms with Crippen LogP contribution in [0.3, 0.4) is 0 Å².